The molecule has 0 radical (unpaired) electrons. The Labute approximate surface area is 79.5 Å². The first kappa shape index (κ1) is 10.0. The quantitative estimate of drug-likeness (QED) is 0.825. The first-order chi connectivity index (χ1) is 5.41. The molecule has 0 fully saturated rings. The maximum Gasteiger partial charge on any atom is 0.408 e. The molecule has 2 N–H and O–H groups in total. The number of hydrogen-bond acceptors (Lipinski definition) is 2. The summed E-state index contributed by atoms with van der Waals surface area (Å²) in [6.45, 7) is 0. The number of thiophene rings is 1. The van der Waals surface area contributed by atoms with Crippen LogP contribution in [-0.2, 0) is 0 Å². The zero-order chi connectivity index (χ0) is 9.35. The molecule has 68 valence electrons. The van der Waals surface area contributed by atoms with E-state index in [2.05, 4.69) is 15.9 Å². The van der Waals surface area contributed by atoms with E-state index in [1.807, 2.05) is 0 Å². The highest BCUT2D eigenvalue weighted by Gasteiger charge is 2.38. The average Bonchev–Trinajstić information content (AvgIpc) is 2.32. The van der Waals surface area contributed by atoms with E-state index < -0.39 is 12.2 Å². The number of alkyl halides is 3. The standard InChI is InChI=1S/C6H5BrF3NS/c7-3-1-4(12-2-3)5(11)6(8,9)10/h1-2,5H,11H2/t5-/m1/s1. The molecule has 0 aliphatic heterocycles. The summed E-state index contributed by atoms with van der Waals surface area (Å²) >= 11 is 4.05. The van der Waals surface area contributed by atoms with Crippen LogP contribution in [0.25, 0.3) is 0 Å². The van der Waals surface area contributed by atoms with Gasteiger partial charge in [0.25, 0.3) is 0 Å². The highest BCUT2D eigenvalue weighted by atomic mass is 79.9. The van der Waals surface area contributed by atoms with Gasteiger partial charge in [-0.25, -0.2) is 0 Å². The lowest BCUT2D eigenvalue weighted by molar-refractivity contribution is -0.148. The Hall–Kier alpha value is -0.0700. The van der Waals surface area contributed by atoms with Gasteiger partial charge in [-0.2, -0.15) is 13.2 Å². The normalized spacial score (nSPS) is 14.8. The lowest BCUT2D eigenvalue weighted by Crippen LogP contribution is -2.27. The van der Waals surface area contributed by atoms with Crippen molar-refractivity contribution in [1.29, 1.82) is 0 Å². The number of rotatable bonds is 1. The van der Waals surface area contributed by atoms with Crippen LogP contribution in [0, 0.1) is 0 Å². The number of halogens is 4. The van der Waals surface area contributed by atoms with E-state index in [9.17, 15) is 13.2 Å². The van der Waals surface area contributed by atoms with Crippen molar-refractivity contribution in [2.75, 3.05) is 0 Å². The van der Waals surface area contributed by atoms with E-state index in [0.717, 1.165) is 11.3 Å². The molecule has 1 heterocycles. The van der Waals surface area contributed by atoms with Gasteiger partial charge >= 0.3 is 6.18 Å². The highest BCUT2D eigenvalue weighted by Crippen LogP contribution is 2.34. The van der Waals surface area contributed by atoms with Crippen LogP contribution in [0.15, 0.2) is 15.9 Å². The van der Waals surface area contributed by atoms with Crippen LogP contribution in [0.1, 0.15) is 10.9 Å². The van der Waals surface area contributed by atoms with Gasteiger partial charge in [-0.05, 0) is 22.0 Å². The molecule has 0 saturated heterocycles. The van der Waals surface area contributed by atoms with Gasteiger partial charge < -0.3 is 5.73 Å². The van der Waals surface area contributed by atoms with Crippen LogP contribution < -0.4 is 5.73 Å². The summed E-state index contributed by atoms with van der Waals surface area (Å²) in [6.07, 6.45) is -4.36. The first-order valence-electron chi connectivity index (χ1n) is 2.97. The first-order valence-corrected chi connectivity index (χ1v) is 4.65. The summed E-state index contributed by atoms with van der Waals surface area (Å²) in [6, 6.07) is -0.489. The van der Waals surface area contributed by atoms with Gasteiger partial charge in [0, 0.05) is 14.7 Å². The Morgan fingerprint density at radius 2 is 2.08 bits per heavy atom. The van der Waals surface area contributed by atoms with Crippen molar-refractivity contribution in [1.82, 2.24) is 0 Å². The third-order valence-corrected chi connectivity index (χ3v) is 3.02. The molecule has 1 nitrogen and oxygen atoms in total. The molecule has 1 aromatic rings. The van der Waals surface area contributed by atoms with E-state index in [-0.39, 0.29) is 4.88 Å². The van der Waals surface area contributed by atoms with Crippen LogP contribution in [0.4, 0.5) is 13.2 Å². The molecule has 0 aliphatic rings. The van der Waals surface area contributed by atoms with Gasteiger partial charge in [0.2, 0.25) is 0 Å². The van der Waals surface area contributed by atoms with Gasteiger partial charge in [-0.3, -0.25) is 0 Å². The van der Waals surface area contributed by atoms with Gasteiger partial charge in [-0.1, -0.05) is 0 Å². The van der Waals surface area contributed by atoms with Crippen LogP contribution in [0.5, 0.6) is 0 Å². The maximum atomic E-state index is 12.0. The van der Waals surface area contributed by atoms with E-state index in [1.165, 1.54) is 6.07 Å². The topological polar surface area (TPSA) is 26.0 Å². The fourth-order valence-electron chi connectivity index (χ4n) is 0.653. The zero-order valence-electron chi connectivity index (χ0n) is 5.73. The second-order valence-electron chi connectivity index (χ2n) is 2.19. The smallest absolute Gasteiger partial charge is 0.316 e. The summed E-state index contributed by atoms with van der Waals surface area (Å²) in [5.41, 5.74) is 4.95. The van der Waals surface area contributed by atoms with Crippen molar-refractivity contribution < 1.29 is 13.2 Å². The molecule has 6 heteroatoms. The minimum atomic E-state index is -4.36. The molecule has 0 saturated carbocycles. The van der Waals surface area contributed by atoms with E-state index in [4.69, 9.17) is 5.73 Å². The Bertz CT molecular complexity index is 270. The lowest BCUT2D eigenvalue weighted by Gasteiger charge is -2.12. The lowest BCUT2D eigenvalue weighted by atomic mass is 10.2. The zero-order valence-corrected chi connectivity index (χ0v) is 8.13. The van der Waals surface area contributed by atoms with Crippen molar-refractivity contribution in [2.24, 2.45) is 5.73 Å². The molecule has 0 aliphatic carbocycles. The molecular formula is C6H5BrF3NS. The summed E-state index contributed by atoms with van der Waals surface area (Å²) < 4.78 is 36.7. The van der Waals surface area contributed by atoms with Crippen LogP contribution >= 0.6 is 27.3 Å². The molecule has 0 spiro atoms. The summed E-state index contributed by atoms with van der Waals surface area (Å²) in [7, 11) is 0. The molecular weight excluding hydrogens is 255 g/mol. The van der Waals surface area contributed by atoms with Gasteiger partial charge in [0.1, 0.15) is 6.04 Å². The molecule has 1 atom stereocenters. The Morgan fingerprint density at radius 3 is 2.42 bits per heavy atom. The largest absolute Gasteiger partial charge is 0.408 e. The number of hydrogen-bond donors (Lipinski definition) is 1. The third-order valence-electron chi connectivity index (χ3n) is 1.25. The molecule has 0 unspecified atom stereocenters. The predicted octanol–water partition coefficient (Wildman–Crippen LogP) is 3.07. The SMILES string of the molecule is N[C@H](c1cc(Br)cs1)C(F)(F)F. The van der Waals surface area contributed by atoms with Crippen molar-refractivity contribution >= 4 is 27.3 Å². The summed E-state index contributed by atoms with van der Waals surface area (Å²) in [5.74, 6) is 0. The van der Waals surface area contributed by atoms with Crippen molar-refractivity contribution in [2.45, 2.75) is 12.2 Å². The van der Waals surface area contributed by atoms with Gasteiger partial charge in [0.05, 0.1) is 0 Å². The fraction of sp³-hybridized carbons (Fsp3) is 0.333. The van der Waals surface area contributed by atoms with Crippen molar-refractivity contribution in [3.05, 3.63) is 20.8 Å². The molecule has 1 aromatic heterocycles. The summed E-state index contributed by atoms with van der Waals surface area (Å²) in [5, 5.41) is 1.57. The summed E-state index contributed by atoms with van der Waals surface area (Å²) in [4.78, 5) is 0.120. The molecule has 1 rings (SSSR count). The average molecular weight is 260 g/mol. The minimum absolute atomic E-state index is 0.120. The second kappa shape index (κ2) is 3.35. The van der Waals surface area contributed by atoms with Crippen LogP contribution in [0.2, 0.25) is 0 Å². The predicted molar refractivity (Wildman–Crippen MR) is 45.0 cm³/mol. The molecule has 12 heavy (non-hydrogen) atoms. The maximum absolute atomic E-state index is 12.0. The van der Waals surface area contributed by atoms with Crippen molar-refractivity contribution in [3.8, 4) is 0 Å². The number of nitrogens with two attached hydrogens (primary N) is 1. The second-order valence-corrected chi connectivity index (χ2v) is 4.05. The monoisotopic (exact) mass is 259 g/mol. The third kappa shape index (κ3) is 2.21. The van der Waals surface area contributed by atoms with Crippen LogP contribution in [-0.4, -0.2) is 6.18 Å². The van der Waals surface area contributed by atoms with Crippen LogP contribution in [0.3, 0.4) is 0 Å². The van der Waals surface area contributed by atoms with Gasteiger partial charge in [-0.15, -0.1) is 11.3 Å². The fourth-order valence-corrected chi connectivity index (χ4v) is 2.12. The molecule has 0 amide bonds. The van der Waals surface area contributed by atoms with Gasteiger partial charge in [0.15, 0.2) is 0 Å². The highest BCUT2D eigenvalue weighted by molar-refractivity contribution is 9.10. The van der Waals surface area contributed by atoms with E-state index >= 15 is 0 Å². The van der Waals surface area contributed by atoms with E-state index in [1.54, 1.807) is 5.38 Å². The minimum Gasteiger partial charge on any atom is -0.316 e. The Kier molecular flexibility index (Phi) is 2.80. The molecule has 0 bridgehead atoms. The molecule has 0 aromatic carbocycles. The van der Waals surface area contributed by atoms with E-state index in [0.29, 0.717) is 4.47 Å². The Balaban J connectivity index is 2.85. The van der Waals surface area contributed by atoms with Crippen molar-refractivity contribution in [3.63, 3.8) is 0 Å². The Morgan fingerprint density at radius 1 is 1.50 bits per heavy atom.